The Morgan fingerprint density at radius 3 is 2.36 bits per heavy atom. The number of esters is 1. The highest BCUT2D eigenvalue weighted by Gasteiger charge is 2.41. The lowest BCUT2D eigenvalue weighted by Crippen LogP contribution is -2.37. The monoisotopic (exact) mass is 341 g/mol. The van der Waals surface area contributed by atoms with Crippen molar-refractivity contribution >= 4 is 13.7 Å². The Hall–Kier alpha value is -0.540. The van der Waals surface area contributed by atoms with Gasteiger partial charge in [-0.2, -0.15) is 0 Å². The van der Waals surface area contributed by atoms with E-state index in [-0.39, 0.29) is 6.10 Å². The molecule has 0 radical (unpaired) electrons. The highest BCUT2D eigenvalue weighted by Crippen LogP contribution is 2.38. The SMILES string of the molecule is CC(C)OC(=O)[C@H](C)NP(=O)(O)OC[C@H]1O[C@@H](C)[C@H](O)[C@@H]1O. The van der Waals surface area contributed by atoms with Crippen molar-refractivity contribution in [2.75, 3.05) is 6.61 Å². The van der Waals surface area contributed by atoms with Crippen molar-refractivity contribution in [1.29, 1.82) is 0 Å². The van der Waals surface area contributed by atoms with Gasteiger partial charge in [-0.1, -0.05) is 0 Å². The number of hydrogen-bond acceptors (Lipinski definition) is 7. The second-order valence-corrected chi connectivity index (χ2v) is 7.07. The Morgan fingerprint density at radius 2 is 1.91 bits per heavy atom. The molecule has 0 aromatic heterocycles. The van der Waals surface area contributed by atoms with E-state index in [2.05, 4.69) is 5.09 Å². The van der Waals surface area contributed by atoms with Gasteiger partial charge in [0.05, 0.1) is 18.8 Å². The molecule has 0 bridgehead atoms. The molecule has 0 aliphatic carbocycles. The van der Waals surface area contributed by atoms with Crippen molar-refractivity contribution in [2.24, 2.45) is 0 Å². The zero-order chi connectivity index (χ0) is 17.1. The van der Waals surface area contributed by atoms with Gasteiger partial charge >= 0.3 is 13.7 Å². The summed E-state index contributed by atoms with van der Waals surface area (Å²) in [6.07, 6.45) is -4.17. The maximum absolute atomic E-state index is 11.9. The third kappa shape index (κ3) is 5.58. The molecule has 9 nitrogen and oxygen atoms in total. The average molecular weight is 341 g/mol. The lowest BCUT2D eigenvalue weighted by atomic mass is 10.1. The molecule has 1 aliphatic heterocycles. The van der Waals surface area contributed by atoms with Crippen LogP contribution in [0.25, 0.3) is 0 Å². The molecule has 4 N–H and O–H groups in total. The molecule has 1 fully saturated rings. The van der Waals surface area contributed by atoms with Crippen molar-refractivity contribution < 1.29 is 38.5 Å². The van der Waals surface area contributed by atoms with Crippen LogP contribution in [0.1, 0.15) is 27.7 Å². The topological polar surface area (TPSA) is 135 Å². The molecule has 22 heavy (non-hydrogen) atoms. The van der Waals surface area contributed by atoms with E-state index in [1.165, 1.54) is 6.92 Å². The molecule has 130 valence electrons. The molecule has 1 aliphatic rings. The third-order valence-corrected chi connectivity index (χ3v) is 4.29. The van der Waals surface area contributed by atoms with Gasteiger partial charge in [-0.15, -0.1) is 0 Å². The molecule has 0 aromatic carbocycles. The number of hydrogen-bond donors (Lipinski definition) is 4. The summed E-state index contributed by atoms with van der Waals surface area (Å²) in [6, 6.07) is -1.04. The Morgan fingerprint density at radius 1 is 1.32 bits per heavy atom. The number of rotatable bonds is 7. The highest BCUT2D eigenvalue weighted by molar-refractivity contribution is 7.50. The average Bonchev–Trinajstić information content (AvgIpc) is 2.62. The molecule has 1 unspecified atom stereocenters. The van der Waals surface area contributed by atoms with E-state index < -0.39 is 50.8 Å². The van der Waals surface area contributed by atoms with Crippen molar-refractivity contribution in [2.45, 2.75) is 64.3 Å². The second kappa shape index (κ2) is 7.83. The van der Waals surface area contributed by atoms with Gasteiger partial charge in [0.1, 0.15) is 24.4 Å². The van der Waals surface area contributed by atoms with Crippen LogP contribution in [0.4, 0.5) is 0 Å². The fourth-order valence-electron chi connectivity index (χ4n) is 1.92. The lowest BCUT2D eigenvalue weighted by Gasteiger charge is -2.21. The van der Waals surface area contributed by atoms with Crippen LogP contribution in [0, 0.1) is 0 Å². The van der Waals surface area contributed by atoms with E-state index in [0.717, 1.165) is 0 Å². The van der Waals surface area contributed by atoms with Crippen LogP contribution in [0.2, 0.25) is 0 Å². The van der Waals surface area contributed by atoms with Gasteiger partial charge in [0.25, 0.3) is 0 Å². The van der Waals surface area contributed by atoms with Crippen LogP contribution in [-0.2, 0) is 23.4 Å². The zero-order valence-corrected chi connectivity index (χ0v) is 13.9. The van der Waals surface area contributed by atoms with Gasteiger partial charge < -0.3 is 24.6 Å². The predicted molar refractivity (Wildman–Crippen MR) is 76.0 cm³/mol. The number of aliphatic hydroxyl groups excluding tert-OH is 2. The quantitative estimate of drug-likeness (QED) is 0.358. The summed E-state index contributed by atoms with van der Waals surface area (Å²) in [5.41, 5.74) is 0. The summed E-state index contributed by atoms with van der Waals surface area (Å²) in [5, 5.41) is 21.3. The number of carbonyl (C=O) groups excluding carboxylic acids is 1. The Kier molecular flexibility index (Phi) is 6.94. The van der Waals surface area contributed by atoms with Gasteiger partial charge in [0.15, 0.2) is 0 Å². The summed E-state index contributed by atoms with van der Waals surface area (Å²) in [5.74, 6) is -0.686. The minimum Gasteiger partial charge on any atom is -0.462 e. The fraction of sp³-hybridized carbons (Fsp3) is 0.917. The van der Waals surface area contributed by atoms with Gasteiger partial charge in [-0.25, -0.2) is 9.65 Å². The number of aliphatic hydroxyl groups is 2. The van der Waals surface area contributed by atoms with Crippen LogP contribution in [0.3, 0.4) is 0 Å². The molecular weight excluding hydrogens is 317 g/mol. The molecule has 0 amide bonds. The molecule has 0 aromatic rings. The van der Waals surface area contributed by atoms with Gasteiger partial charge in [-0.3, -0.25) is 9.32 Å². The van der Waals surface area contributed by atoms with Crippen LogP contribution in [-0.4, -0.2) is 64.2 Å². The van der Waals surface area contributed by atoms with E-state index in [9.17, 15) is 24.5 Å². The van der Waals surface area contributed by atoms with Crippen molar-refractivity contribution in [3.63, 3.8) is 0 Å². The van der Waals surface area contributed by atoms with E-state index in [4.69, 9.17) is 14.0 Å². The first kappa shape index (κ1) is 19.5. The van der Waals surface area contributed by atoms with E-state index in [1.807, 2.05) is 0 Å². The molecule has 10 heteroatoms. The van der Waals surface area contributed by atoms with Crippen molar-refractivity contribution in [3.05, 3.63) is 0 Å². The standard InChI is InChI=1S/C12H24NO8P/c1-6(2)20-12(16)7(3)13-22(17,18)19-5-9-11(15)10(14)8(4)21-9/h6-11,14-15H,5H2,1-4H3,(H2,13,17,18)/t7-,8-,9+,10-,11+/m0/s1. The van der Waals surface area contributed by atoms with E-state index >= 15 is 0 Å². The summed E-state index contributed by atoms with van der Waals surface area (Å²) >= 11 is 0. The third-order valence-electron chi connectivity index (χ3n) is 3.08. The molecule has 1 rings (SSSR count). The maximum atomic E-state index is 11.9. The van der Waals surface area contributed by atoms with Crippen LogP contribution in [0.15, 0.2) is 0 Å². The molecular formula is C12H24NO8P. The first-order chi connectivity index (χ1) is 10.0. The summed E-state index contributed by atoms with van der Waals surface area (Å²) < 4.78 is 26.8. The van der Waals surface area contributed by atoms with Crippen molar-refractivity contribution in [3.8, 4) is 0 Å². The molecule has 1 saturated heterocycles. The van der Waals surface area contributed by atoms with Crippen LogP contribution >= 0.6 is 7.75 Å². The largest absolute Gasteiger partial charge is 0.462 e. The fourth-order valence-corrected chi connectivity index (χ4v) is 2.93. The second-order valence-electron chi connectivity index (χ2n) is 5.51. The van der Waals surface area contributed by atoms with Gasteiger partial charge in [-0.05, 0) is 27.7 Å². The van der Waals surface area contributed by atoms with Crippen molar-refractivity contribution in [1.82, 2.24) is 5.09 Å². The van der Waals surface area contributed by atoms with Gasteiger partial charge in [0.2, 0.25) is 0 Å². The number of nitrogens with one attached hydrogen (secondary N) is 1. The first-order valence-corrected chi connectivity index (χ1v) is 8.58. The zero-order valence-electron chi connectivity index (χ0n) is 13.0. The maximum Gasteiger partial charge on any atom is 0.403 e. The normalized spacial score (nSPS) is 32.7. The minimum atomic E-state index is -4.29. The lowest BCUT2D eigenvalue weighted by molar-refractivity contribution is -0.149. The van der Waals surface area contributed by atoms with E-state index in [1.54, 1.807) is 20.8 Å². The number of ether oxygens (including phenoxy) is 2. The molecule has 6 atom stereocenters. The highest BCUT2D eigenvalue weighted by atomic mass is 31.2. The smallest absolute Gasteiger partial charge is 0.403 e. The summed E-state index contributed by atoms with van der Waals surface area (Å²) in [4.78, 5) is 21.2. The van der Waals surface area contributed by atoms with E-state index in [0.29, 0.717) is 0 Å². The Bertz CT molecular complexity index is 431. The number of carbonyl (C=O) groups is 1. The van der Waals surface area contributed by atoms with Gasteiger partial charge in [0, 0.05) is 0 Å². The van der Waals surface area contributed by atoms with Crippen LogP contribution in [0.5, 0.6) is 0 Å². The predicted octanol–water partition coefficient (Wildman–Crippen LogP) is -0.458. The Balaban J connectivity index is 2.47. The summed E-state index contributed by atoms with van der Waals surface area (Å²) in [7, 11) is -4.29. The summed E-state index contributed by atoms with van der Waals surface area (Å²) in [6.45, 7) is 5.84. The molecule has 1 heterocycles. The molecule has 0 spiro atoms. The minimum absolute atomic E-state index is 0.347. The molecule has 0 saturated carbocycles. The van der Waals surface area contributed by atoms with Crippen LogP contribution < -0.4 is 5.09 Å². The first-order valence-electron chi connectivity index (χ1n) is 7.00. The Labute approximate surface area is 129 Å².